The van der Waals surface area contributed by atoms with Gasteiger partial charge in [0, 0.05) is 4.47 Å². The van der Waals surface area contributed by atoms with Crippen LogP contribution in [0.2, 0.25) is 0 Å². The van der Waals surface area contributed by atoms with Gasteiger partial charge < -0.3 is 16.2 Å². The number of carbonyl (C=O) groups is 1. The second-order valence-corrected chi connectivity index (χ2v) is 5.36. The minimum atomic E-state index is -0.671. The van der Waals surface area contributed by atoms with Crippen LogP contribution in [0.5, 0.6) is 5.75 Å². The normalized spacial score (nSPS) is 11.9. The van der Waals surface area contributed by atoms with Crippen molar-refractivity contribution in [2.75, 3.05) is 5.32 Å². The highest BCUT2D eigenvalue weighted by molar-refractivity contribution is 9.10. The van der Waals surface area contributed by atoms with Crippen molar-refractivity contribution in [1.82, 2.24) is 0 Å². The number of amides is 1. The third-order valence-corrected chi connectivity index (χ3v) is 3.34. The molecule has 0 unspecified atom stereocenters. The Morgan fingerprint density at radius 1 is 1.25 bits per heavy atom. The van der Waals surface area contributed by atoms with Crippen LogP contribution in [0.1, 0.15) is 5.56 Å². The lowest BCUT2D eigenvalue weighted by atomic mass is 10.1. The summed E-state index contributed by atoms with van der Waals surface area (Å²) in [6, 6.07) is 13.7. The molecule has 2 aromatic carbocycles. The maximum absolute atomic E-state index is 12.0. The molecule has 0 saturated carbocycles. The molecule has 0 bridgehead atoms. The summed E-state index contributed by atoms with van der Waals surface area (Å²) in [5.74, 6) is -0.323. The molecular weight excluding hydrogens is 320 g/mol. The predicted octanol–water partition coefficient (Wildman–Crippen LogP) is 2.66. The lowest BCUT2D eigenvalue weighted by Crippen LogP contribution is -2.37. The maximum Gasteiger partial charge on any atom is 0.241 e. The van der Waals surface area contributed by atoms with Gasteiger partial charge in [0.2, 0.25) is 5.91 Å². The average Bonchev–Trinajstić information content (AvgIpc) is 2.44. The number of hydrogen-bond donors (Lipinski definition) is 3. The van der Waals surface area contributed by atoms with Crippen LogP contribution in [0.25, 0.3) is 0 Å². The highest BCUT2D eigenvalue weighted by Crippen LogP contribution is 2.26. The van der Waals surface area contributed by atoms with Gasteiger partial charge in [-0.2, -0.15) is 0 Å². The number of carbonyl (C=O) groups excluding carboxylic acids is 1. The molecule has 20 heavy (non-hydrogen) atoms. The Kier molecular flexibility index (Phi) is 4.76. The maximum atomic E-state index is 12.0. The van der Waals surface area contributed by atoms with E-state index in [0.717, 1.165) is 10.0 Å². The topological polar surface area (TPSA) is 75.4 Å². The second kappa shape index (κ2) is 6.54. The van der Waals surface area contributed by atoms with E-state index < -0.39 is 6.04 Å². The highest BCUT2D eigenvalue weighted by Gasteiger charge is 2.15. The number of anilines is 1. The summed E-state index contributed by atoms with van der Waals surface area (Å²) in [6.45, 7) is 0. The highest BCUT2D eigenvalue weighted by atomic mass is 79.9. The van der Waals surface area contributed by atoms with E-state index in [1.807, 2.05) is 30.3 Å². The lowest BCUT2D eigenvalue weighted by molar-refractivity contribution is -0.117. The van der Waals surface area contributed by atoms with Crippen molar-refractivity contribution >= 4 is 27.5 Å². The first kappa shape index (κ1) is 14.6. The molecule has 0 aliphatic rings. The predicted molar refractivity (Wildman–Crippen MR) is 82.6 cm³/mol. The zero-order valence-corrected chi connectivity index (χ0v) is 12.3. The van der Waals surface area contributed by atoms with Crippen molar-refractivity contribution < 1.29 is 9.90 Å². The van der Waals surface area contributed by atoms with Gasteiger partial charge >= 0.3 is 0 Å². The van der Waals surface area contributed by atoms with Crippen LogP contribution < -0.4 is 11.1 Å². The molecule has 1 atom stereocenters. The molecular formula is C15H15BrN2O2. The zero-order chi connectivity index (χ0) is 14.5. The third kappa shape index (κ3) is 3.82. The van der Waals surface area contributed by atoms with Crippen molar-refractivity contribution in [3.8, 4) is 5.75 Å². The van der Waals surface area contributed by atoms with E-state index in [9.17, 15) is 9.90 Å². The quantitative estimate of drug-likeness (QED) is 0.752. The van der Waals surface area contributed by atoms with Gasteiger partial charge in [0.25, 0.3) is 0 Å². The number of phenolic OH excluding ortho intramolecular Hbond substituents is 1. The van der Waals surface area contributed by atoms with E-state index in [1.165, 1.54) is 6.07 Å². The number of aromatic hydroxyl groups is 1. The fourth-order valence-electron chi connectivity index (χ4n) is 1.79. The zero-order valence-electron chi connectivity index (χ0n) is 10.7. The average molecular weight is 335 g/mol. The monoisotopic (exact) mass is 334 g/mol. The molecule has 0 fully saturated rings. The first-order valence-electron chi connectivity index (χ1n) is 6.15. The Morgan fingerprint density at radius 2 is 1.95 bits per heavy atom. The molecule has 0 aromatic heterocycles. The van der Waals surface area contributed by atoms with Gasteiger partial charge in [0.1, 0.15) is 5.75 Å². The summed E-state index contributed by atoms with van der Waals surface area (Å²) in [7, 11) is 0. The Bertz CT molecular complexity index is 602. The molecule has 104 valence electrons. The van der Waals surface area contributed by atoms with Crippen LogP contribution in [-0.2, 0) is 11.2 Å². The number of phenols is 1. The lowest BCUT2D eigenvalue weighted by Gasteiger charge is -2.13. The van der Waals surface area contributed by atoms with Crippen LogP contribution in [-0.4, -0.2) is 17.1 Å². The molecule has 0 aliphatic carbocycles. The molecule has 0 heterocycles. The van der Waals surface area contributed by atoms with Crippen LogP contribution in [0, 0.1) is 0 Å². The van der Waals surface area contributed by atoms with Gasteiger partial charge in [-0.25, -0.2) is 0 Å². The number of halogens is 1. The van der Waals surface area contributed by atoms with Crippen molar-refractivity contribution in [3.63, 3.8) is 0 Å². The third-order valence-electron chi connectivity index (χ3n) is 2.85. The minimum absolute atomic E-state index is 0.00783. The number of benzene rings is 2. The summed E-state index contributed by atoms with van der Waals surface area (Å²) >= 11 is 3.28. The number of nitrogens with two attached hydrogens (primary N) is 1. The van der Waals surface area contributed by atoms with Gasteiger partial charge in [-0.15, -0.1) is 0 Å². The van der Waals surface area contributed by atoms with Crippen molar-refractivity contribution in [2.45, 2.75) is 12.5 Å². The van der Waals surface area contributed by atoms with Crippen LogP contribution in [0.15, 0.2) is 53.0 Å². The van der Waals surface area contributed by atoms with Gasteiger partial charge in [0.05, 0.1) is 11.7 Å². The molecule has 2 rings (SSSR count). The van der Waals surface area contributed by atoms with E-state index in [1.54, 1.807) is 12.1 Å². The van der Waals surface area contributed by atoms with E-state index in [-0.39, 0.29) is 11.7 Å². The first-order valence-corrected chi connectivity index (χ1v) is 6.94. The largest absolute Gasteiger partial charge is 0.506 e. The fraction of sp³-hybridized carbons (Fsp3) is 0.133. The minimum Gasteiger partial charge on any atom is -0.506 e. The summed E-state index contributed by atoms with van der Waals surface area (Å²) in [5, 5.41) is 12.3. The van der Waals surface area contributed by atoms with E-state index in [2.05, 4.69) is 21.2 Å². The molecule has 0 aliphatic heterocycles. The van der Waals surface area contributed by atoms with Gasteiger partial charge in [0.15, 0.2) is 0 Å². The summed E-state index contributed by atoms with van der Waals surface area (Å²) in [5.41, 5.74) is 7.21. The molecule has 0 spiro atoms. The first-order chi connectivity index (χ1) is 9.56. The summed E-state index contributed by atoms with van der Waals surface area (Å²) in [4.78, 5) is 12.0. The molecule has 1 amide bonds. The SMILES string of the molecule is N[C@H](Cc1ccccc1)C(=O)Nc1cc(Br)ccc1O. The van der Waals surface area contributed by atoms with Crippen LogP contribution in [0.3, 0.4) is 0 Å². The van der Waals surface area contributed by atoms with Crippen molar-refractivity contribution in [2.24, 2.45) is 5.73 Å². The molecule has 0 saturated heterocycles. The summed E-state index contributed by atoms with van der Waals surface area (Å²) < 4.78 is 0.766. The van der Waals surface area contributed by atoms with E-state index >= 15 is 0 Å². The fourth-order valence-corrected chi connectivity index (χ4v) is 2.16. The van der Waals surface area contributed by atoms with Gasteiger partial charge in [-0.3, -0.25) is 4.79 Å². The molecule has 0 radical (unpaired) electrons. The Balaban J connectivity index is 2.02. The van der Waals surface area contributed by atoms with Gasteiger partial charge in [-0.05, 0) is 30.2 Å². The number of rotatable bonds is 4. The molecule has 2 aromatic rings. The van der Waals surface area contributed by atoms with Crippen LogP contribution in [0.4, 0.5) is 5.69 Å². The van der Waals surface area contributed by atoms with Crippen molar-refractivity contribution in [1.29, 1.82) is 0 Å². The molecule has 4 nitrogen and oxygen atoms in total. The van der Waals surface area contributed by atoms with E-state index in [4.69, 9.17) is 5.73 Å². The smallest absolute Gasteiger partial charge is 0.241 e. The standard InChI is InChI=1S/C15H15BrN2O2/c16-11-6-7-14(19)13(9-11)18-15(20)12(17)8-10-4-2-1-3-5-10/h1-7,9,12,19H,8,17H2,(H,18,20)/t12-/m1/s1. The summed E-state index contributed by atoms with van der Waals surface area (Å²) in [6.07, 6.45) is 0.446. The number of nitrogens with one attached hydrogen (secondary N) is 1. The van der Waals surface area contributed by atoms with Gasteiger partial charge in [-0.1, -0.05) is 46.3 Å². The Morgan fingerprint density at radius 3 is 2.65 bits per heavy atom. The van der Waals surface area contributed by atoms with E-state index in [0.29, 0.717) is 12.1 Å². The Hall–Kier alpha value is -1.85. The second-order valence-electron chi connectivity index (χ2n) is 4.45. The number of hydrogen-bond acceptors (Lipinski definition) is 3. The Labute approximate surface area is 125 Å². The molecule has 5 heteroatoms. The van der Waals surface area contributed by atoms with Crippen LogP contribution >= 0.6 is 15.9 Å². The van der Waals surface area contributed by atoms with Crippen molar-refractivity contribution in [3.05, 3.63) is 58.6 Å². The molecule has 4 N–H and O–H groups in total.